The van der Waals surface area contributed by atoms with E-state index in [9.17, 15) is 0 Å². The number of benzene rings is 1. The second-order valence-corrected chi connectivity index (χ2v) is 5.39. The second kappa shape index (κ2) is 6.72. The average molecular weight is 286 g/mol. The summed E-state index contributed by atoms with van der Waals surface area (Å²) >= 11 is 0. The highest BCUT2D eigenvalue weighted by Gasteiger charge is 2.15. The lowest BCUT2D eigenvalue weighted by atomic mass is 10.1. The summed E-state index contributed by atoms with van der Waals surface area (Å²) in [5, 5.41) is 12.1. The van der Waals surface area contributed by atoms with E-state index in [1.807, 2.05) is 0 Å². The molecule has 0 amide bonds. The van der Waals surface area contributed by atoms with Gasteiger partial charge >= 0.3 is 0 Å². The number of hydrogen-bond donors (Lipinski definition) is 1. The third-order valence-electron chi connectivity index (χ3n) is 3.97. The smallest absolute Gasteiger partial charge is 0.152 e. The van der Waals surface area contributed by atoms with Gasteiger partial charge in [0, 0.05) is 25.8 Å². The predicted molar refractivity (Wildman–Crippen MR) is 82.3 cm³/mol. The summed E-state index contributed by atoms with van der Waals surface area (Å²) < 4.78 is 7.43. The molecule has 0 aliphatic carbocycles. The zero-order valence-corrected chi connectivity index (χ0v) is 12.5. The van der Waals surface area contributed by atoms with Crippen molar-refractivity contribution in [3.63, 3.8) is 0 Å². The highest BCUT2D eigenvalue weighted by Crippen LogP contribution is 2.18. The molecule has 0 fully saturated rings. The molecule has 112 valence electrons. The van der Waals surface area contributed by atoms with Crippen LogP contribution < -0.4 is 5.32 Å². The maximum absolute atomic E-state index is 5.17. The van der Waals surface area contributed by atoms with E-state index in [-0.39, 0.29) is 0 Å². The molecule has 2 heterocycles. The summed E-state index contributed by atoms with van der Waals surface area (Å²) in [5.41, 5.74) is 2.43. The van der Waals surface area contributed by atoms with E-state index in [2.05, 4.69) is 44.3 Å². The lowest BCUT2D eigenvalue weighted by Crippen LogP contribution is -2.15. The number of nitrogens with zero attached hydrogens (tertiary/aromatic N) is 3. The molecule has 5 nitrogen and oxygen atoms in total. The number of rotatable bonds is 6. The van der Waals surface area contributed by atoms with Crippen molar-refractivity contribution in [2.24, 2.45) is 0 Å². The van der Waals surface area contributed by atoms with Gasteiger partial charge in [-0.25, -0.2) is 0 Å². The third-order valence-corrected chi connectivity index (χ3v) is 3.97. The van der Waals surface area contributed by atoms with Crippen LogP contribution in [0.2, 0.25) is 0 Å². The fraction of sp³-hybridized carbons (Fsp3) is 0.500. The van der Waals surface area contributed by atoms with Crippen LogP contribution in [0, 0.1) is 0 Å². The van der Waals surface area contributed by atoms with Crippen molar-refractivity contribution < 1.29 is 4.74 Å². The van der Waals surface area contributed by atoms with Crippen molar-refractivity contribution in [2.45, 2.75) is 38.8 Å². The number of hydrogen-bond acceptors (Lipinski definition) is 4. The maximum atomic E-state index is 5.17. The molecule has 1 aromatic carbocycles. The van der Waals surface area contributed by atoms with Crippen LogP contribution in [0.1, 0.15) is 30.1 Å². The number of para-hydroxylation sites is 1. The Hall–Kier alpha value is -1.88. The van der Waals surface area contributed by atoms with Crippen LogP contribution in [0.5, 0.6) is 0 Å². The van der Waals surface area contributed by atoms with E-state index in [1.165, 1.54) is 18.4 Å². The number of methoxy groups -OCH3 is 1. The summed E-state index contributed by atoms with van der Waals surface area (Å²) in [6.07, 6.45) is 4.42. The number of anilines is 1. The Kier molecular flexibility index (Phi) is 4.50. The molecule has 0 atom stereocenters. The van der Waals surface area contributed by atoms with Crippen LogP contribution >= 0.6 is 0 Å². The molecule has 0 unspecified atom stereocenters. The Morgan fingerprint density at radius 2 is 2.14 bits per heavy atom. The number of ether oxygens (including phenoxy) is 1. The van der Waals surface area contributed by atoms with Crippen LogP contribution in [0.4, 0.5) is 5.69 Å². The third kappa shape index (κ3) is 3.24. The molecule has 1 aliphatic rings. The Morgan fingerprint density at radius 3 is 3.05 bits per heavy atom. The van der Waals surface area contributed by atoms with Crippen LogP contribution in [0.25, 0.3) is 0 Å². The molecule has 0 radical (unpaired) electrons. The van der Waals surface area contributed by atoms with Gasteiger partial charge in [0.15, 0.2) is 5.82 Å². The first-order valence-electron chi connectivity index (χ1n) is 7.60. The molecule has 21 heavy (non-hydrogen) atoms. The summed E-state index contributed by atoms with van der Waals surface area (Å²) in [4.78, 5) is 0. The van der Waals surface area contributed by atoms with Crippen molar-refractivity contribution in [3.8, 4) is 0 Å². The molecular weight excluding hydrogens is 264 g/mol. The van der Waals surface area contributed by atoms with Crippen molar-refractivity contribution in [2.75, 3.05) is 19.0 Å². The first kappa shape index (κ1) is 14.1. The minimum atomic E-state index is 0.719. The highest BCUT2D eigenvalue weighted by molar-refractivity contribution is 5.51. The van der Waals surface area contributed by atoms with Gasteiger partial charge in [-0.2, -0.15) is 0 Å². The van der Waals surface area contributed by atoms with E-state index in [1.54, 1.807) is 7.11 Å². The number of aromatic nitrogens is 3. The van der Waals surface area contributed by atoms with E-state index in [0.717, 1.165) is 49.9 Å². The molecular formula is C16H22N4O. The zero-order valence-electron chi connectivity index (χ0n) is 12.5. The lowest BCUT2D eigenvalue weighted by molar-refractivity contribution is 0.202. The van der Waals surface area contributed by atoms with Crippen LogP contribution in [-0.4, -0.2) is 28.5 Å². The Bertz CT molecular complexity index is 594. The van der Waals surface area contributed by atoms with Crippen LogP contribution in [-0.2, 0) is 30.7 Å². The normalized spacial score (nSPS) is 14.0. The number of aryl methyl sites for hydroxylation is 1. The fourth-order valence-electron chi connectivity index (χ4n) is 2.80. The molecule has 1 aliphatic heterocycles. The Balaban J connectivity index is 1.69. The molecule has 0 spiro atoms. The van der Waals surface area contributed by atoms with Gasteiger partial charge in [0.1, 0.15) is 5.82 Å². The topological polar surface area (TPSA) is 52.0 Å². The standard InChI is InChI=1S/C16H22N4O/c1-21-11-9-13-6-2-3-7-14(13)17-12-16-19-18-15-8-4-5-10-20(15)16/h2-3,6-7,17H,4-5,8-12H2,1H3. The molecule has 1 aromatic heterocycles. The van der Waals surface area contributed by atoms with E-state index in [4.69, 9.17) is 4.74 Å². The summed E-state index contributed by atoms with van der Waals surface area (Å²) in [7, 11) is 1.73. The largest absolute Gasteiger partial charge is 0.384 e. The van der Waals surface area contributed by atoms with Gasteiger partial charge in [0.25, 0.3) is 0 Å². The van der Waals surface area contributed by atoms with E-state index < -0.39 is 0 Å². The van der Waals surface area contributed by atoms with Gasteiger partial charge in [-0.15, -0.1) is 10.2 Å². The lowest BCUT2D eigenvalue weighted by Gasteiger charge is -2.16. The highest BCUT2D eigenvalue weighted by atomic mass is 16.5. The second-order valence-electron chi connectivity index (χ2n) is 5.39. The molecule has 5 heteroatoms. The van der Waals surface area contributed by atoms with Crippen molar-refractivity contribution >= 4 is 5.69 Å². The van der Waals surface area contributed by atoms with Crippen LogP contribution in [0.15, 0.2) is 24.3 Å². The Morgan fingerprint density at radius 1 is 1.24 bits per heavy atom. The summed E-state index contributed by atoms with van der Waals surface area (Å²) in [5.74, 6) is 2.16. The zero-order chi connectivity index (χ0) is 14.5. The van der Waals surface area contributed by atoms with Gasteiger partial charge in [-0.05, 0) is 30.9 Å². The van der Waals surface area contributed by atoms with Gasteiger partial charge in [-0.3, -0.25) is 0 Å². The molecule has 0 bridgehead atoms. The van der Waals surface area contributed by atoms with Crippen LogP contribution in [0.3, 0.4) is 0 Å². The molecule has 0 saturated carbocycles. The molecule has 0 saturated heterocycles. The quantitative estimate of drug-likeness (QED) is 0.886. The monoisotopic (exact) mass is 286 g/mol. The van der Waals surface area contributed by atoms with Crippen molar-refractivity contribution in [3.05, 3.63) is 41.5 Å². The van der Waals surface area contributed by atoms with Crippen molar-refractivity contribution in [1.29, 1.82) is 0 Å². The molecule has 1 N–H and O–H groups in total. The van der Waals surface area contributed by atoms with Gasteiger partial charge in [0.05, 0.1) is 13.2 Å². The molecule has 2 aromatic rings. The fourth-order valence-corrected chi connectivity index (χ4v) is 2.80. The van der Waals surface area contributed by atoms with E-state index >= 15 is 0 Å². The molecule has 3 rings (SSSR count). The first-order valence-corrected chi connectivity index (χ1v) is 7.60. The maximum Gasteiger partial charge on any atom is 0.152 e. The average Bonchev–Trinajstić information content (AvgIpc) is 2.95. The minimum Gasteiger partial charge on any atom is -0.384 e. The minimum absolute atomic E-state index is 0.719. The van der Waals surface area contributed by atoms with Gasteiger partial charge in [0.2, 0.25) is 0 Å². The van der Waals surface area contributed by atoms with Crippen molar-refractivity contribution in [1.82, 2.24) is 14.8 Å². The predicted octanol–water partition coefficient (Wildman–Crippen LogP) is 2.42. The number of nitrogens with one attached hydrogen (secondary N) is 1. The van der Waals surface area contributed by atoms with Gasteiger partial charge in [-0.1, -0.05) is 18.2 Å². The van der Waals surface area contributed by atoms with Gasteiger partial charge < -0.3 is 14.6 Å². The summed E-state index contributed by atoms with van der Waals surface area (Å²) in [6.45, 7) is 2.50. The Labute approximate surface area is 125 Å². The SMILES string of the molecule is COCCc1ccccc1NCc1nnc2n1CCCC2. The summed E-state index contributed by atoms with van der Waals surface area (Å²) in [6, 6.07) is 8.37. The number of fused-ring (bicyclic) bond motifs is 1. The first-order chi connectivity index (χ1) is 10.4. The van der Waals surface area contributed by atoms with E-state index in [0.29, 0.717) is 0 Å².